The fraction of sp³-hybridized carbons (Fsp3) is 0.958. The Kier molecular flexibility index (Phi) is 4.61. The van der Waals surface area contributed by atoms with Crippen molar-refractivity contribution >= 4 is 5.78 Å². The molecular weight excluding hydrogens is 320 g/mol. The molecule has 4 aliphatic rings. The molecule has 4 saturated carbocycles. The molecular formula is C24H40O2. The largest absolute Gasteiger partial charge is 0.390 e. The smallest absolute Gasteiger partial charge is 0.129 e. The average Bonchev–Trinajstić information content (AvgIpc) is 2.99. The van der Waals surface area contributed by atoms with Gasteiger partial charge in [-0.1, -0.05) is 27.2 Å². The van der Waals surface area contributed by atoms with Gasteiger partial charge < -0.3 is 9.90 Å². The Hall–Kier alpha value is -0.370. The third-order valence-corrected chi connectivity index (χ3v) is 10.2. The van der Waals surface area contributed by atoms with Gasteiger partial charge in [-0.15, -0.1) is 0 Å². The Morgan fingerprint density at radius 3 is 2.50 bits per heavy atom. The second-order valence-electron chi connectivity index (χ2n) is 11.2. The zero-order valence-corrected chi connectivity index (χ0v) is 17.5. The molecule has 0 spiro atoms. The average molecular weight is 361 g/mol. The predicted molar refractivity (Wildman–Crippen MR) is 106 cm³/mol. The van der Waals surface area contributed by atoms with Crippen LogP contribution in [0.25, 0.3) is 0 Å². The van der Waals surface area contributed by atoms with Crippen LogP contribution in [0, 0.1) is 40.4 Å². The summed E-state index contributed by atoms with van der Waals surface area (Å²) in [6.07, 6.45) is 13.0. The van der Waals surface area contributed by atoms with Gasteiger partial charge in [-0.2, -0.15) is 0 Å². The summed E-state index contributed by atoms with van der Waals surface area (Å²) in [6.45, 7) is 9.32. The van der Waals surface area contributed by atoms with Gasteiger partial charge in [-0.3, -0.25) is 0 Å². The molecule has 0 radical (unpaired) electrons. The van der Waals surface area contributed by atoms with Crippen molar-refractivity contribution in [1.82, 2.24) is 0 Å². The van der Waals surface area contributed by atoms with Crippen LogP contribution in [-0.2, 0) is 4.79 Å². The summed E-state index contributed by atoms with van der Waals surface area (Å²) in [7, 11) is 0. The zero-order chi connectivity index (χ0) is 18.7. The van der Waals surface area contributed by atoms with E-state index >= 15 is 0 Å². The zero-order valence-electron chi connectivity index (χ0n) is 17.5. The molecule has 26 heavy (non-hydrogen) atoms. The molecule has 148 valence electrons. The van der Waals surface area contributed by atoms with Crippen LogP contribution in [0.5, 0.6) is 0 Å². The first-order valence-electron chi connectivity index (χ1n) is 11.4. The first kappa shape index (κ1) is 19.0. The van der Waals surface area contributed by atoms with E-state index in [9.17, 15) is 9.90 Å². The molecule has 6 unspecified atom stereocenters. The molecule has 0 aliphatic heterocycles. The quantitative estimate of drug-likeness (QED) is 0.694. The van der Waals surface area contributed by atoms with Crippen LogP contribution < -0.4 is 0 Å². The summed E-state index contributed by atoms with van der Waals surface area (Å²) in [4.78, 5) is 11.7. The number of hydrogen-bond donors (Lipinski definition) is 1. The van der Waals surface area contributed by atoms with Crippen LogP contribution in [0.1, 0.15) is 98.3 Å². The first-order valence-corrected chi connectivity index (χ1v) is 11.4. The summed E-state index contributed by atoms with van der Waals surface area (Å²) in [5, 5.41) is 11.2. The van der Waals surface area contributed by atoms with E-state index < -0.39 is 0 Å². The van der Waals surface area contributed by atoms with E-state index in [0.717, 1.165) is 49.4 Å². The third kappa shape index (κ3) is 2.65. The van der Waals surface area contributed by atoms with E-state index in [0.29, 0.717) is 22.5 Å². The highest BCUT2D eigenvalue weighted by atomic mass is 16.3. The minimum atomic E-state index is -0.329. The highest BCUT2D eigenvalue weighted by molar-refractivity contribution is 5.75. The van der Waals surface area contributed by atoms with Gasteiger partial charge in [-0.25, -0.2) is 0 Å². The normalized spacial score (nSPS) is 53.5. The van der Waals surface area contributed by atoms with Crippen LogP contribution >= 0.6 is 0 Å². The minimum absolute atomic E-state index is 0.313. The van der Waals surface area contributed by atoms with Crippen molar-refractivity contribution in [2.75, 3.05) is 0 Å². The lowest BCUT2D eigenvalue weighted by molar-refractivity contribution is -0.180. The van der Waals surface area contributed by atoms with Crippen molar-refractivity contribution in [3.05, 3.63) is 0 Å². The van der Waals surface area contributed by atoms with E-state index in [2.05, 4.69) is 20.8 Å². The fourth-order valence-electron chi connectivity index (χ4n) is 8.58. The van der Waals surface area contributed by atoms with Gasteiger partial charge >= 0.3 is 0 Å². The Bertz CT molecular complexity index is 571. The highest BCUT2D eigenvalue weighted by Crippen LogP contribution is 2.68. The highest BCUT2D eigenvalue weighted by Gasteiger charge is 2.62. The number of carbonyl (C=O) groups excluding carboxylic acids is 1. The molecule has 1 N–H and O–H groups in total. The van der Waals surface area contributed by atoms with Crippen LogP contribution in [-0.4, -0.2) is 16.5 Å². The van der Waals surface area contributed by atoms with E-state index in [1.165, 1.54) is 44.9 Å². The van der Waals surface area contributed by atoms with Gasteiger partial charge in [-0.05, 0) is 105 Å². The van der Waals surface area contributed by atoms with Gasteiger partial charge in [0.25, 0.3) is 0 Å². The van der Waals surface area contributed by atoms with E-state index in [1.807, 2.05) is 0 Å². The lowest BCUT2D eigenvalue weighted by Crippen LogP contribution is -2.59. The molecule has 0 aromatic rings. The number of carbonyl (C=O) groups is 1. The SMILES string of the molecule is CC(=O)CC[C@@]1(C)C(C)CCC2(C)C3CC[C@@]4(O)CCCC4C3CCC21. The van der Waals surface area contributed by atoms with Crippen molar-refractivity contribution in [3.63, 3.8) is 0 Å². The fourth-order valence-corrected chi connectivity index (χ4v) is 8.58. The van der Waals surface area contributed by atoms with Crippen LogP contribution in [0.4, 0.5) is 0 Å². The molecule has 0 saturated heterocycles. The Balaban J connectivity index is 1.63. The molecule has 2 nitrogen and oxygen atoms in total. The molecule has 4 rings (SSSR count). The number of fused-ring (bicyclic) bond motifs is 5. The van der Waals surface area contributed by atoms with Crippen LogP contribution in [0.3, 0.4) is 0 Å². The van der Waals surface area contributed by atoms with Gasteiger partial charge in [0, 0.05) is 6.42 Å². The number of Topliss-reactive ketones (excluding diaryl/α,β-unsaturated/α-hetero) is 1. The monoisotopic (exact) mass is 360 g/mol. The standard InChI is InChI=1S/C24H40O2/c1-16-9-13-23(4)19-11-15-24(26)12-5-6-20(24)18(19)7-8-21(23)22(16,3)14-10-17(2)25/h16,18-21,26H,5-15H2,1-4H3/t16?,18?,19?,20?,21?,22-,23?,24-/m0/s1. The lowest BCUT2D eigenvalue weighted by atomic mass is 9.40. The lowest BCUT2D eigenvalue weighted by Gasteiger charge is -2.65. The predicted octanol–water partition coefficient (Wildman–Crippen LogP) is 5.77. The molecule has 8 atom stereocenters. The Morgan fingerprint density at radius 1 is 1.00 bits per heavy atom. The van der Waals surface area contributed by atoms with Crippen molar-refractivity contribution in [2.24, 2.45) is 40.4 Å². The van der Waals surface area contributed by atoms with Gasteiger partial charge in [0.2, 0.25) is 0 Å². The molecule has 0 heterocycles. The van der Waals surface area contributed by atoms with Crippen molar-refractivity contribution in [3.8, 4) is 0 Å². The van der Waals surface area contributed by atoms with Gasteiger partial charge in [0.05, 0.1) is 5.60 Å². The molecule has 0 bridgehead atoms. The summed E-state index contributed by atoms with van der Waals surface area (Å²) in [5.74, 6) is 3.96. The number of rotatable bonds is 3. The Morgan fingerprint density at radius 2 is 1.77 bits per heavy atom. The summed E-state index contributed by atoms with van der Waals surface area (Å²) in [5.41, 5.74) is 0.405. The summed E-state index contributed by atoms with van der Waals surface area (Å²) in [6, 6.07) is 0. The van der Waals surface area contributed by atoms with E-state index in [4.69, 9.17) is 0 Å². The van der Waals surface area contributed by atoms with Crippen molar-refractivity contribution in [1.29, 1.82) is 0 Å². The molecule has 0 amide bonds. The second kappa shape index (κ2) is 6.33. The maximum atomic E-state index is 11.7. The van der Waals surface area contributed by atoms with Gasteiger partial charge in [0.1, 0.15) is 5.78 Å². The van der Waals surface area contributed by atoms with Crippen LogP contribution in [0.15, 0.2) is 0 Å². The molecule has 0 aromatic carbocycles. The third-order valence-electron chi connectivity index (χ3n) is 10.2. The van der Waals surface area contributed by atoms with Crippen LogP contribution in [0.2, 0.25) is 0 Å². The van der Waals surface area contributed by atoms with E-state index in [-0.39, 0.29) is 5.60 Å². The minimum Gasteiger partial charge on any atom is -0.390 e. The maximum absolute atomic E-state index is 11.7. The topological polar surface area (TPSA) is 37.3 Å². The Labute approximate surface area is 160 Å². The van der Waals surface area contributed by atoms with E-state index in [1.54, 1.807) is 6.92 Å². The van der Waals surface area contributed by atoms with Crippen molar-refractivity contribution < 1.29 is 9.90 Å². The summed E-state index contributed by atoms with van der Waals surface area (Å²) >= 11 is 0. The molecule has 0 aromatic heterocycles. The van der Waals surface area contributed by atoms with Crippen molar-refractivity contribution in [2.45, 2.75) is 104 Å². The number of ketones is 1. The molecule has 4 aliphatic carbocycles. The number of aliphatic hydroxyl groups is 1. The maximum Gasteiger partial charge on any atom is 0.129 e. The summed E-state index contributed by atoms with van der Waals surface area (Å²) < 4.78 is 0. The molecule has 4 fully saturated rings. The first-order chi connectivity index (χ1) is 12.2. The molecule has 2 heteroatoms. The number of hydrogen-bond acceptors (Lipinski definition) is 2. The van der Waals surface area contributed by atoms with Gasteiger partial charge in [0.15, 0.2) is 0 Å². The second-order valence-corrected chi connectivity index (χ2v) is 11.2.